The predicted molar refractivity (Wildman–Crippen MR) is 65.9 cm³/mol. The van der Waals surface area contributed by atoms with Crippen LogP contribution in [0, 0.1) is 0 Å². The number of hydrogen-bond donors (Lipinski definition) is 1. The maximum Gasteiger partial charge on any atom is 0.152 e. The van der Waals surface area contributed by atoms with Crippen LogP contribution in [0.25, 0.3) is 0 Å². The minimum Gasteiger partial charge on any atom is -0.396 e. The third kappa shape index (κ3) is 2.39. The lowest BCUT2D eigenvalue weighted by Gasteiger charge is -2.33. The fraction of sp³-hybridized carbons (Fsp3) is 0.545. The minimum absolute atomic E-state index is 0.269. The van der Waals surface area contributed by atoms with Gasteiger partial charge in [0.2, 0.25) is 0 Å². The van der Waals surface area contributed by atoms with E-state index in [9.17, 15) is 0 Å². The van der Waals surface area contributed by atoms with Crippen molar-refractivity contribution in [2.75, 3.05) is 30.3 Å². The van der Waals surface area contributed by atoms with Gasteiger partial charge < -0.3 is 15.4 Å². The molecule has 0 amide bonds. The number of ether oxygens (including phenoxy) is 1. The molecule has 0 spiro atoms. The van der Waals surface area contributed by atoms with Crippen LogP contribution in [0.2, 0.25) is 5.02 Å². The van der Waals surface area contributed by atoms with Crippen molar-refractivity contribution in [2.45, 2.75) is 19.4 Å². The van der Waals surface area contributed by atoms with Gasteiger partial charge in [-0.25, -0.2) is 4.98 Å². The molecule has 1 atom stereocenters. The van der Waals surface area contributed by atoms with Crippen molar-refractivity contribution in [3.63, 3.8) is 0 Å². The van der Waals surface area contributed by atoms with Crippen LogP contribution in [0.4, 0.5) is 11.5 Å². The first-order chi connectivity index (χ1) is 7.70. The Morgan fingerprint density at radius 2 is 2.50 bits per heavy atom. The third-order valence-electron chi connectivity index (χ3n) is 2.76. The van der Waals surface area contributed by atoms with Crippen LogP contribution in [-0.4, -0.2) is 30.8 Å². The molecule has 1 aromatic rings. The van der Waals surface area contributed by atoms with E-state index in [1.165, 1.54) is 0 Å². The molecule has 88 valence electrons. The van der Waals surface area contributed by atoms with E-state index in [1.54, 1.807) is 12.3 Å². The Bertz CT molecular complexity index is 372. The molecular weight excluding hydrogens is 226 g/mol. The van der Waals surface area contributed by atoms with Crippen molar-refractivity contribution < 1.29 is 4.74 Å². The summed E-state index contributed by atoms with van der Waals surface area (Å²) in [6.07, 6.45) is 2.90. The van der Waals surface area contributed by atoms with E-state index in [-0.39, 0.29) is 6.10 Å². The summed E-state index contributed by atoms with van der Waals surface area (Å²) in [6, 6.07) is 1.74. The average molecular weight is 242 g/mol. The van der Waals surface area contributed by atoms with Crippen molar-refractivity contribution >= 4 is 23.1 Å². The predicted octanol–water partition coefficient (Wildman–Crippen LogP) is 1.93. The van der Waals surface area contributed by atoms with E-state index >= 15 is 0 Å². The first-order valence-corrected chi connectivity index (χ1v) is 5.86. The van der Waals surface area contributed by atoms with Crippen molar-refractivity contribution in [3.8, 4) is 0 Å². The molecule has 0 aromatic carbocycles. The number of rotatable bonds is 2. The number of nitrogens with zero attached hydrogens (tertiary/aromatic N) is 2. The first-order valence-electron chi connectivity index (χ1n) is 5.48. The van der Waals surface area contributed by atoms with Crippen LogP contribution in [0.15, 0.2) is 12.3 Å². The minimum atomic E-state index is 0.269. The maximum atomic E-state index is 5.91. The molecule has 4 nitrogen and oxygen atoms in total. The van der Waals surface area contributed by atoms with Crippen LogP contribution >= 0.6 is 11.6 Å². The van der Waals surface area contributed by atoms with Crippen molar-refractivity contribution in [3.05, 3.63) is 17.3 Å². The summed E-state index contributed by atoms with van der Waals surface area (Å²) in [5.41, 5.74) is 6.54. The summed E-state index contributed by atoms with van der Waals surface area (Å²) in [4.78, 5) is 6.44. The molecule has 0 radical (unpaired) electrons. The van der Waals surface area contributed by atoms with Crippen LogP contribution in [0.1, 0.15) is 13.3 Å². The number of aromatic nitrogens is 1. The Balaban J connectivity index is 2.16. The van der Waals surface area contributed by atoms with E-state index in [0.717, 1.165) is 31.9 Å². The van der Waals surface area contributed by atoms with Crippen LogP contribution in [-0.2, 0) is 4.74 Å². The van der Waals surface area contributed by atoms with Gasteiger partial charge >= 0.3 is 0 Å². The highest BCUT2D eigenvalue weighted by atomic mass is 35.5. The summed E-state index contributed by atoms with van der Waals surface area (Å²) in [5.74, 6) is 0.811. The molecule has 1 aromatic heterocycles. The zero-order valence-corrected chi connectivity index (χ0v) is 10.1. The molecule has 16 heavy (non-hydrogen) atoms. The number of hydrogen-bond acceptors (Lipinski definition) is 4. The molecule has 1 fully saturated rings. The van der Waals surface area contributed by atoms with Gasteiger partial charge in [0.15, 0.2) is 5.82 Å². The molecule has 5 heteroatoms. The Morgan fingerprint density at radius 1 is 1.69 bits per heavy atom. The van der Waals surface area contributed by atoms with E-state index in [1.807, 2.05) is 0 Å². The topological polar surface area (TPSA) is 51.4 Å². The quantitative estimate of drug-likeness (QED) is 0.860. The monoisotopic (exact) mass is 241 g/mol. The lowest BCUT2D eigenvalue weighted by Crippen LogP contribution is -2.42. The Labute approximate surface area is 100 Å². The van der Waals surface area contributed by atoms with Gasteiger partial charge in [-0.2, -0.15) is 0 Å². The third-order valence-corrected chi connectivity index (χ3v) is 2.96. The van der Waals surface area contributed by atoms with E-state index in [0.29, 0.717) is 10.7 Å². The normalized spacial score (nSPS) is 21.1. The molecule has 1 saturated heterocycles. The van der Waals surface area contributed by atoms with Gasteiger partial charge in [0.25, 0.3) is 0 Å². The molecule has 0 aliphatic carbocycles. The molecule has 1 unspecified atom stereocenters. The Morgan fingerprint density at radius 3 is 3.19 bits per heavy atom. The highest BCUT2D eigenvalue weighted by Gasteiger charge is 2.21. The molecule has 1 aliphatic rings. The molecule has 1 aliphatic heterocycles. The van der Waals surface area contributed by atoms with E-state index in [2.05, 4.69) is 16.8 Å². The SMILES string of the molecule is CCC1CN(c2ncc(Cl)cc2N)CCO1. The molecule has 2 heterocycles. The second-order valence-electron chi connectivity index (χ2n) is 3.91. The lowest BCUT2D eigenvalue weighted by atomic mass is 10.2. The van der Waals surface area contributed by atoms with Gasteiger partial charge in [-0.1, -0.05) is 18.5 Å². The number of morpholine rings is 1. The fourth-order valence-corrected chi connectivity index (χ4v) is 2.04. The highest BCUT2D eigenvalue weighted by molar-refractivity contribution is 6.30. The highest BCUT2D eigenvalue weighted by Crippen LogP contribution is 2.25. The first kappa shape index (κ1) is 11.5. The number of nitrogen functional groups attached to an aromatic ring is 1. The van der Waals surface area contributed by atoms with Gasteiger partial charge in [-0.05, 0) is 12.5 Å². The Kier molecular flexibility index (Phi) is 3.51. The van der Waals surface area contributed by atoms with Gasteiger partial charge in [0, 0.05) is 19.3 Å². The summed E-state index contributed by atoms with van der Waals surface area (Å²) in [5, 5.41) is 0.571. The summed E-state index contributed by atoms with van der Waals surface area (Å²) in [7, 11) is 0. The molecule has 0 saturated carbocycles. The van der Waals surface area contributed by atoms with Crippen LogP contribution < -0.4 is 10.6 Å². The van der Waals surface area contributed by atoms with Gasteiger partial charge in [-0.15, -0.1) is 0 Å². The number of anilines is 2. The molecule has 2 rings (SSSR count). The number of pyridine rings is 1. The fourth-order valence-electron chi connectivity index (χ4n) is 1.87. The molecular formula is C11H16ClN3O. The van der Waals surface area contributed by atoms with E-state index < -0.39 is 0 Å². The number of halogens is 1. The van der Waals surface area contributed by atoms with Crippen molar-refractivity contribution in [2.24, 2.45) is 0 Å². The summed E-state index contributed by atoms with van der Waals surface area (Å²) < 4.78 is 5.61. The second-order valence-corrected chi connectivity index (χ2v) is 4.35. The standard InChI is InChI=1S/C11H16ClN3O/c1-2-9-7-15(3-4-16-9)11-10(13)5-8(12)6-14-11/h5-6,9H,2-4,7,13H2,1H3. The molecule has 2 N–H and O–H groups in total. The number of nitrogens with two attached hydrogens (primary N) is 1. The molecule has 0 bridgehead atoms. The smallest absolute Gasteiger partial charge is 0.152 e. The van der Waals surface area contributed by atoms with Crippen molar-refractivity contribution in [1.29, 1.82) is 0 Å². The lowest BCUT2D eigenvalue weighted by molar-refractivity contribution is 0.0382. The zero-order valence-electron chi connectivity index (χ0n) is 9.32. The van der Waals surface area contributed by atoms with Gasteiger partial charge in [0.05, 0.1) is 23.4 Å². The zero-order chi connectivity index (χ0) is 11.5. The van der Waals surface area contributed by atoms with Gasteiger partial charge in [0.1, 0.15) is 0 Å². The van der Waals surface area contributed by atoms with Crippen LogP contribution in [0.3, 0.4) is 0 Å². The van der Waals surface area contributed by atoms with Crippen LogP contribution in [0.5, 0.6) is 0 Å². The largest absolute Gasteiger partial charge is 0.396 e. The summed E-state index contributed by atoms with van der Waals surface area (Å²) >= 11 is 5.83. The summed E-state index contributed by atoms with van der Waals surface area (Å²) in [6.45, 7) is 4.51. The van der Waals surface area contributed by atoms with Gasteiger partial charge in [-0.3, -0.25) is 0 Å². The maximum absolute atomic E-state index is 5.91. The average Bonchev–Trinajstić information content (AvgIpc) is 2.29. The second kappa shape index (κ2) is 4.89. The van der Waals surface area contributed by atoms with Crippen molar-refractivity contribution in [1.82, 2.24) is 4.98 Å². The Hall–Kier alpha value is -1.00. The van der Waals surface area contributed by atoms with E-state index in [4.69, 9.17) is 22.1 Å².